The van der Waals surface area contributed by atoms with Crippen molar-refractivity contribution in [2.45, 2.75) is 49.1 Å². The molecule has 0 unspecified atom stereocenters. The molecule has 1 saturated carbocycles. The van der Waals surface area contributed by atoms with Gasteiger partial charge in [-0.1, -0.05) is 23.2 Å². The summed E-state index contributed by atoms with van der Waals surface area (Å²) in [7, 11) is 0.194. The Bertz CT molecular complexity index is 1290. The number of nitrogens with one attached hydrogen (secondary N) is 1. The summed E-state index contributed by atoms with van der Waals surface area (Å²) >= 11 is 12.7. The summed E-state index contributed by atoms with van der Waals surface area (Å²) in [5.74, 6) is 0.841. The molecule has 8 nitrogen and oxygen atoms in total. The summed E-state index contributed by atoms with van der Waals surface area (Å²) in [4.78, 5) is 14.3. The van der Waals surface area contributed by atoms with E-state index >= 15 is 0 Å². The number of sulfonamides is 1. The standard InChI is InChI=1S/C24H27Cl2N5O3S/c1-15-22(35(32,33)30-23-10-11-27-14-28-23)8-9-24(29-15)34-21-7-4-16(12-20(21)31(2)3)18-13-17(25)5-6-19(18)26/h5-6,8-11,13-14,16,20-21H,4,7,12H2,1-3H3,(H,27,28,30)/t16-,20-,21-/m0/s1. The average molecular weight is 536 g/mol. The highest BCUT2D eigenvalue weighted by molar-refractivity contribution is 7.92. The predicted octanol–water partition coefficient (Wildman–Crippen LogP) is 4.93. The quantitative estimate of drug-likeness (QED) is 0.457. The van der Waals surface area contributed by atoms with Crippen molar-refractivity contribution in [3.8, 4) is 5.88 Å². The monoisotopic (exact) mass is 535 g/mol. The number of likely N-dealkylation sites (N-methyl/N-ethyl adjacent to an activating group) is 1. The average Bonchev–Trinajstić information content (AvgIpc) is 2.81. The van der Waals surface area contributed by atoms with Crippen LogP contribution in [-0.4, -0.2) is 54.5 Å². The fourth-order valence-electron chi connectivity index (χ4n) is 4.48. The molecule has 11 heteroatoms. The van der Waals surface area contributed by atoms with Gasteiger partial charge in [0.25, 0.3) is 10.0 Å². The van der Waals surface area contributed by atoms with Crippen LogP contribution < -0.4 is 9.46 Å². The third-order valence-electron chi connectivity index (χ3n) is 6.21. The number of halogens is 2. The topological polar surface area (TPSA) is 97.3 Å². The first-order valence-electron chi connectivity index (χ1n) is 11.2. The van der Waals surface area contributed by atoms with Crippen LogP contribution in [0.15, 0.2) is 53.8 Å². The van der Waals surface area contributed by atoms with Gasteiger partial charge in [-0.05, 0) is 82.1 Å². The maximum Gasteiger partial charge on any atom is 0.264 e. The molecule has 0 spiro atoms. The fraction of sp³-hybridized carbons (Fsp3) is 0.375. The van der Waals surface area contributed by atoms with E-state index in [0.717, 1.165) is 29.8 Å². The van der Waals surface area contributed by atoms with E-state index in [-0.39, 0.29) is 28.8 Å². The van der Waals surface area contributed by atoms with Gasteiger partial charge in [-0.2, -0.15) is 0 Å². The lowest BCUT2D eigenvalue weighted by atomic mass is 9.79. The molecule has 2 aromatic heterocycles. The maximum atomic E-state index is 12.8. The molecule has 186 valence electrons. The summed E-state index contributed by atoms with van der Waals surface area (Å²) in [5.41, 5.74) is 1.40. The number of pyridine rings is 1. The van der Waals surface area contributed by atoms with Crippen LogP contribution in [0.2, 0.25) is 10.0 Å². The van der Waals surface area contributed by atoms with Gasteiger partial charge in [0.15, 0.2) is 0 Å². The zero-order valence-corrected chi connectivity index (χ0v) is 22.0. The van der Waals surface area contributed by atoms with Gasteiger partial charge in [-0.25, -0.2) is 23.4 Å². The van der Waals surface area contributed by atoms with E-state index in [2.05, 4.69) is 24.6 Å². The smallest absolute Gasteiger partial charge is 0.264 e. The molecule has 0 aliphatic heterocycles. The molecule has 1 N–H and O–H groups in total. The zero-order valence-electron chi connectivity index (χ0n) is 19.6. The predicted molar refractivity (Wildman–Crippen MR) is 137 cm³/mol. The Balaban J connectivity index is 1.49. The van der Waals surface area contributed by atoms with Crippen molar-refractivity contribution in [2.24, 2.45) is 0 Å². The Labute approximate surface area is 215 Å². The lowest BCUT2D eigenvalue weighted by Crippen LogP contribution is -2.46. The van der Waals surface area contributed by atoms with Crippen molar-refractivity contribution in [2.75, 3.05) is 18.8 Å². The number of rotatable bonds is 7. The molecule has 1 aliphatic carbocycles. The van der Waals surface area contributed by atoms with E-state index in [0.29, 0.717) is 16.6 Å². The van der Waals surface area contributed by atoms with Gasteiger partial charge in [-0.3, -0.25) is 4.72 Å². The van der Waals surface area contributed by atoms with E-state index in [4.69, 9.17) is 27.9 Å². The second-order valence-corrected chi connectivity index (χ2v) is 11.3. The molecule has 3 atom stereocenters. The number of ether oxygens (including phenoxy) is 1. The summed E-state index contributed by atoms with van der Waals surface area (Å²) in [6.07, 6.45) is 5.17. The molecule has 3 aromatic rings. The minimum absolute atomic E-state index is 0.0620. The number of anilines is 1. The van der Waals surface area contributed by atoms with Crippen molar-refractivity contribution < 1.29 is 13.2 Å². The van der Waals surface area contributed by atoms with Gasteiger partial charge < -0.3 is 9.64 Å². The molecule has 1 aliphatic rings. The number of benzene rings is 1. The molecule has 1 aromatic carbocycles. The third-order valence-corrected chi connectivity index (χ3v) is 8.28. The minimum Gasteiger partial charge on any atom is -0.473 e. The van der Waals surface area contributed by atoms with Crippen molar-refractivity contribution in [1.29, 1.82) is 0 Å². The molecule has 2 heterocycles. The van der Waals surface area contributed by atoms with Crippen molar-refractivity contribution in [1.82, 2.24) is 19.9 Å². The summed E-state index contributed by atoms with van der Waals surface area (Å²) in [6, 6.07) is 10.3. The highest BCUT2D eigenvalue weighted by Gasteiger charge is 2.35. The van der Waals surface area contributed by atoms with Crippen LogP contribution in [0.1, 0.15) is 36.4 Å². The lowest BCUT2D eigenvalue weighted by molar-refractivity contribution is 0.0512. The van der Waals surface area contributed by atoms with Crippen molar-refractivity contribution >= 4 is 39.0 Å². The molecule has 0 radical (unpaired) electrons. The molecular weight excluding hydrogens is 509 g/mol. The van der Waals surface area contributed by atoms with Crippen LogP contribution in [0.25, 0.3) is 0 Å². The Morgan fingerprint density at radius 3 is 2.60 bits per heavy atom. The fourth-order valence-corrected chi connectivity index (χ4v) is 6.12. The minimum atomic E-state index is -3.85. The van der Waals surface area contributed by atoms with Gasteiger partial charge in [-0.15, -0.1) is 0 Å². The summed E-state index contributed by atoms with van der Waals surface area (Å²) in [6.45, 7) is 1.64. The first-order valence-corrected chi connectivity index (χ1v) is 13.4. The molecule has 0 amide bonds. The van der Waals surface area contributed by atoms with Crippen LogP contribution in [0.5, 0.6) is 5.88 Å². The second kappa shape index (κ2) is 10.7. The van der Waals surface area contributed by atoms with E-state index in [9.17, 15) is 8.42 Å². The highest BCUT2D eigenvalue weighted by atomic mass is 35.5. The van der Waals surface area contributed by atoms with Crippen LogP contribution >= 0.6 is 23.2 Å². The number of hydrogen-bond acceptors (Lipinski definition) is 7. The maximum absolute atomic E-state index is 12.8. The van der Waals surface area contributed by atoms with Crippen molar-refractivity contribution in [3.05, 3.63) is 70.2 Å². The normalized spacial score (nSPS) is 20.6. The van der Waals surface area contributed by atoms with Crippen LogP contribution in [0, 0.1) is 6.92 Å². The van der Waals surface area contributed by atoms with E-state index in [1.54, 1.807) is 19.1 Å². The number of hydrogen-bond donors (Lipinski definition) is 1. The summed E-state index contributed by atoms with van der Waals surface area (Å²) in [5, 5.41) is 1.40. The Kier molecular flexibility index (Phi) is 7.80. The van der Waals surface area contributed by atoms with E-state index in [1.165, 1.54) is 24.7 Å². The molecule has 4 rings (SSSR count). The van der Waals surface area contributed by atoms with Crippen LogP contribution in [0.4, 0.5) is 5.82 Å². The van der Waals surface area contributed by atoms with Crippen molar-refractivity contribution in [3.63, 3.8) is 0 Å². The summed E-state index contributed by atoms with van der Waals surface area (Å²) < 4.78 is 34.3. The molecular formula is C24H27Cl2N5O3S. The van der Waals surface area contributed by atoms with Gasteiger partial charge in [0, 0.05) is 28.4 Å². The van der Waals surface area contributed by atoms with Gasteiger partial charge in [0.2, 0.25) is 5.88 Å². The third kappa shape index (κ3) is 6.03. The van der Waals surface area contributed by atoms with Crippen LogP contribution in [-0.2, 0) is 10.0 Å². The Hall–Kier alpha value is -2.46. The number of aryl methyl sites for hydroxylation is 1. The first-order chi connectivity index (χ1) is 16.6. The van der Waals surface area contributed by atoms with Crippen LogP contribution in [0.3, 0.4) is 0 Å². The molecule has 1 fully saturated rings. The van der Waals surface area contributed by atoms with E-state index in [1.807, 2.05) is 26.2 Å². The Morgan fingerprint density at radius 2 is 1.91 bits per heavy atom. The lowest BCUT2D eigenvalue weighted by Gasteiger charge is -2.39. The molecule has 0 bridgehead atoms. The second-order valence-electron chi connectivity index (χ2n) is 8.80. The largest absolute Gasteiger partial charge is 0.473 e. The first kappa shape index (κ1) is 25.6. The number of aromatic nitrogens is 3. The Morgan fingerprint density at radius 1 is 1.11 bits per heavy atom. The van der Waals surface area contributed by atoms with Gasteiger partial charge >= 0.3 is 0 Å². The SMILES string of the molecule is Cc1nc(O[C@H]2CC[C@H](c3cc(Cl)ccc3Cl)C[C@@H]2N(C)C)ccc1S(=O)(=O)Nc1ccncn1. The molecule has 0 saturated heterocycles. The molecule has 35 heavy (non-hydrogen) atoms. The number of nitrogens with zero attached hydrogens (tertiary/aromatic N) is 4. The van der Waals surface area contributed by atoms with E-state index < -0.39 is 10.0 Å². The highest BCUT2D eigenvalue weighted by Crippen LogP contribution is 2.40. The zero-order chi connectivity index (χ0) is 25.2. The van der Waals surface area contributed by atoms with Gasteiger partial charge in [0.1, 0.15) is 23.1 Å². The van der Waals surface area contributed by atoms with Gasteiger partial charge in [0.05, 0.1) is 5.69 Å².